The van der Waals surface area contributed by atoms with Crippen LogP contribution in [0.25, 0.3) is 0 Å². The summed E-state index contributed by atoms with van der Waals surface area (Å²) in [6, 6.07) is 0. The van der Waals surface area contributed by atoms with Crippen molar-refractivity contribution in [1.29, 1.82) is 0 Å². The first-order chi connectivity index (χ1) is 12.7. The molecule has 0 amide bonds. The van der Waals surface area contributed by atoms with E-state index in [4.69, 9.17) is 14.6 Å². The third kappa shape index (κ3) is 3.63. The molecule has 1 aliphatic heterocycles. The molecule has 2 rings (SSSR count). The van der Waals surface area contributed by atoms with Gasteiger partial charge in [0.25, 0.3) is 0 Å². The lowest BCUT2D eigenvalue weighted by molar-refractivity contribution is -0.162. The van der Waals surface area contributed by atoms with Crippen LogP contribution in [0.15, 0.2) is 49.1 Å². The summed E-state index contributed by atoms with van der Waals surface area (Å²) in [6.07, 6.45) is -1.25. The molecule has 0 aromatic heterocycles. The number of ether oxygens (including phenoxy) is 2. The molecule has 0 aromatic rings. The lowest BCUT2D eigenvalue weighted by Gasteiger charge is -2.46. The van der Waals surface area contributed by atoms with Gasteiger partial charge in [0.1, 0.15) is 18.3 Å². The molecule has 1 aliphatic carbocycles. The van der Waals surface area contributed by atoms with Gasteiger partial charge in [0, 0.05) is 17.4 Å². The molecule has 0 aromatic carbocycles. The molecule has 7 atom stereocenters. The first kappa shape index (κ1) is 21.1. The van der Waals surface area contributed by atoms with Crippen molar-refractivity contribution in [1.82, 2.24) is 0 Å². The smallest absolute Gasteiger partial charge is 0.336 e. The SMILES string of the molecule is C=CC1C(C)C(OC(=O)C(=C)C(O)CO)C2C(=C)C(=O)OC2C1C(=C)CO. The fraction of sp³-hybridized carbons (Fsp3) is 0.500. The Balaban J connectivity index is 2.40. The van der Waals surface area contributed by atoms with E-state index in [0.29, 0.717) is 5.57 Å². The van der Waals surface area contributed by atoms with E-state index in [1.165, 1.54) is 0 Å². The minimum Gasteiger partial charge on any atom is -0.458 e. The number of allylic oxidation sites excluding steroid dienone is 1. The van der Waals surface area contributed by atoms with Crippen molar-refractivity contribution in [3.05, 3.63) is 49.1 Å². The van der Waals surface area contributed by atoms with Crippen LogP contribution in [0.3, 0.4) is 0 Å². The molecule has 3 N–H and O–H groups in total. The number of fused-ring (bicyclic) bond motifs is 1. The number of rotatable bonds is 7. The van der Waals surface area contributed by atoms with E-state index in [1.807, 2.05) is 6.92 Å². The summed E-state index contributed by atoms with van der Waals surface area (Å²) < 4.78 is 11.0. The molecule has 1 saturated heterocycles. The van der Waals surface area contributed by atoms with E-state index in [9.17, 15) is 19.8 Å². The third-order valence-corrected chi connectivity index (χ3v) is 5.54. The molecule has 1 saturated carbocycles. The summed E-state index contributed by atoms with van der Waals surface area (Å²) >= 11 is 0. The highest BCUT2D eigenvalue weighted by Crippen LogP contribution is 2.50. The second-order valence-corrected chi connectivity index (χ2v) is 7.03. The highest BCUT2D eigenvalue weighted by atomic mass is 16.6. The summed E-state index contributed by atoms with van der Waals surface area (Å²) in [7, 11) is 0. The zero-order valence-corrected chi connectivity index (χ0v) is 15.3. The first-order valence-corrected chi connectivity index (χ1v) is 8.69. The van der Waals surface area contributed by atoms with Crippen LogP contribution < -0.4 is 0 Å². The number of hydrogen-bond donors (Lipinski definition) is 3. The van der Waals surface area contributed by atoms with Gasteiger partial charge in [-0.25, -0.2) is 9.59 Å². The Morgan fingerprint density at radius 1 is 1.37 bits per heavy atom. The average molecular weight is 378 g/mol. The maximum Gasteiger partial charge on any atom is 0.336 e. The van der Waals surface area contributed by atoms with E-state index in [1.54, 1.807) is 6.08 Å². The van der Waals surface area contributed by atoms with Crippen LogP contribution in [0.1, 0.15) is 6.92 Å². The number of esters is 2. The van der Waals surface area contributed by atoms with Crippen molar-refractivity contribution in [2.24, 2.45) is 23.7 Å². The highest BCUT2D eigenvalue weighted by Gasteiger charge is 2.57. The van der Waals surface area contributed by atoms with Crippen LogP contribution in [-0.2, 0) is 19.1 Å². The molecule has 0 spiro atoms. The highest BCUT2D eigenvalue weighted by molar-refractivity contribution is 5.92. The van der Waals surface area contributed by atoms with E-state index in [0.717, 1.165) is 0 Å². The zero-order valence-electron chi connectivity index (χ0n) is 15.3. The van der Waals surface area contributed by atoms with E-state index < -0.39 is 48.7 Å². The molecule has 1 heterocycles. The van der Waals surface area contributed by atoms with Crippen LogP contribution >= 0.6 is 0 Å². The van der Waals surface area contributed by atoms with Gasteiger partial charge in [0.05, 0.1) is 24.7 Å². The summed E-state index contributed by atoms with van der Waals surface area (Å²) in [5.41, 5.74) is 0.388. The number of aliphatic hydroxyl groups is 3. The third-order valence-electron chi connectivity index (χ3n) is 5.54. The fourth-order valence-corrected chi connectivity index (χ4v) is 3.98. The largest absolute Gasteiger partial charge is 0.458 e. The van der Waals surface area contributed by atoms with Gasteiger partial charge in [-0.15, -0.1) is 6.58 Å². The van der Waals surface area contributed by atoms with Crippen molar-refractivity contribution >= 4 is 11.9 Å². The Kier molecular flexibility index (Phi) is 6.41. The molecule has 0 bridgehead atoms. The molecule has 0 radical (unpaired) electrons. The van der Waals surface area contributed by atoms with Gasteiger partial charge in [-0.2, -0.15) is 0 Å². The summed E-state index contributed by atoms with van der Waals surface area (Å²) in [5.74, 6) is -3.06. The van der Waals surface area contributed by atoms with Gasteiger partial charge in [-0.3, -0.25) is 0 Å². The quantitative estimate of drug-likeness (QED) is 0.336. The van der Waals surface area contributed by atoms with Crippen LogP contribution in [0, 0.1) is 23.7 Å². The summed E-state index contributed by atoms with van der Waals surface area (Å²) in [5, 5.41) is 28.2. The molecule has 7 nitrogen and oxygen atoms in total. The second kappa shape index (κ2) is 8.21. The van der Waals surface area contributed by atoms with Crippen LogP contribution in [0.2, 0.25) is 0 Å². The first-order valence-electron chi connectivity index (χ1n) is 8.69. The zero-order chi connectivity index (χ0) is 20.5. The van der Waals surface area contributed by atoms with Crippen LogP contribution in [0.4, 0.5) is 0 Å². The van der Waals surface area contributed by atoms with Crippen molar-refractivity contribution in [2.75, 3.05) is 13.2 Å². The Morgan fingerprint density at radius 3 is 2.52 bits per heavy atom. The number of aliphatic hydroxyl groups excluding tert-OH is 3. The Bertz CT molecular complexity index is 680. The molecular formula is C20H26O7. The Hall–Kier alpha value is -2.22. The van der Waals surface area contributed by atoms with Gasteiger partial charge in [0.2, 0.25) is 0 Å². The number of hydrogen-bond acceptors (Lipinski definition) is 7. The molecule has 7 unspecified atom stereocenters. The van der Waals surface area contributed by atoms with Gasteiger partial charge >= 0.3 is 11.9 Å². The molecular weight excluding hydrogens is 352 g/mol. The summed E-state index contributed by atoms with van der Waals surface area (Å²) in [4.78, 5) is 24.5. The maximum absolute atomic E-state index is 12.4. The lowest BCUT2D eigenvalue weighted by atomic mass is 9.62. The van der Waals surface area contributed by atoms with Crippen molar-refractivity contribution in [2.45, 2.75) is 25.2 Å². The van der Waals surface area contributed by atoms with Gasteiger partial charge in [-0.05, 0) is 11.5 Å². The lowest BCUT2D eigenvalue weighted by Crippen LogP contribution is -2.52. The Morgan fingerprint density at radius 2 is 2.00 bits per heavy atom. The average Bonchev–Trinajstić information content (AvgIpc) is 2.95. The fourth-order valence-electron chi connectivity index (χ4n) is 3.98. The van der Waals surface area contributed by atoms with Crippen molar-refractivity contribution in [3.63, 3.8) is 0 Å². The maximum atomic E-state index is 12.4. The predicted molar refractivity (Wildman–Crippen MR) is 97.2 cm³/mol. The monoisotopic (exact) mass is 378 g/mol. The molecule has 2 fully saturated rings. The number of carbonyl (C=O) groups excluding carboxylic acids is 2. The van der Waals surface area contributed by atoms with Crippen LogP contribution in [0.5, 0.6) is 0 Å². The minimum atomic E-state index is -1.44. The van der Waals surface area contributed by atoms with Crippen LogP contribution in [-0.4, -0.2) is 58.8 Å². The van der Waals surface area contributed by atoms with E-state index >= 15 is 0 Å². The minimum absolute atomic E-state index is 0.177. The summed E-state index contributed by atoms with van der Waals surface area (Å²) in [6.45, 7) is 15.8. The Labute approximate surface area is 158 Å². The van der Waals surface area contributed by atoms with Gasteiger partial charge < -0.3 is 24.8 Å². The second-order valence-electron chi connectivity index (χ2n) is 7.03. The van der Waals surface area contributed by atoms with Crippen molar-refractivity contribution in [3.8, 4) is 0 Å². The van der Waals surface area contributed by atoms with Crippen molar-refractivity contribution < 1.29 is 34.4 Å². The standard InChI is InChI=1S/C20H26O7/c1-6-13-10(3)17(26-19(24)11(4)14(23)8-22)16-12(5)20(25)27-18(16)15(13)9(2)7-21/h6,10,13-18,21-23H,1-2,4-5,7-8H2,3H3. The predicted octanol–water partition coefficient (Wildman–Crippen LogP) is 0.522. The molecule has 7 heteroatoms. The van der Waals surface area contributed by atoms with Gasteiger partial charge in [0.15, 0.2) is 0 Å². The van der Waals surface area contributed by atoms with Gasteiger partial charge in [-0.1, -0.05) is 32.7 Å². The molecule has 27 heavy (non-hydrogen) atoms. The van der Waals surface area contributed by atoms with E-state index in [-0.39, 0.29) is 29.6 Å². The molecule has 2 aliphatic rings. The van der Waals surface area contributed by atoms with E-state index in [2.05, 4.69) is 26.3 Å². The molecule has 148 valence electrons. The number of carbonyl (C=O) groups is 2. The topological polar surface area (TPSA) is 113 Å². The normalized spacial score (nSPS) is 33.6.